The first-order valence-corrected chi connectivity index (χ1v) is 6.83. The molecule has 4 N–H and O–H groups in total. The fourth-order valence-corrected chi connectivity index (χ4v) is 3.60. The van der Waals surface area contributed by atoms with Crippen molar-refractivity contribution in [3.63, 3.8) is 0 Å². The van der Waals surface area contributed by atoms with Crippen molar-refractivity contribution in [3.05, 3.63) is 28.8 Å². The molecule has 5 heteroatoms. The average molecular weight is 278 g/mol. The molecule has 0 bridgehead atoms. The summed E-state index contributed by atoms with van der Waals surface area (Å²) in [5.41, 5.74) is 1.28. The average Bonchev–Trinajstić information content (AvgIpc) is 2.38. The van der Waals surface area contributed by atoms with Crippen LogP contribution in [0.4, 0.5) is 0 Å². The van der Waals surface area contributed by atoms with Crippen LogP contribution in [-0.4, -0.2) is 38.4 Å². The van der Waals surface area contributed by atoms with Crippen molar-refractivity contribution in [3.8, 4) is 5.75 Å². The first-order chi connectivity index (χ1) is 9.41. The van der Waals surface area contributed by atoms with Gasteiger partial charge in [0, 0.05) is 5.92 Å². The summed E-state index contributed by atoms with van der Waals surface area (Å²) in [6.45, 7) is 1.78. The molecule has 1 aromatic carbocycles. The second kappa shape index (κ2) is 4.55. The third-order valence-corrected chi connectivity index (χ3v) is 4.58. The lowest BCUT2D eigenvalue weighted by Crippen LogP contribution is -2.50. The van der Waals surface area contributed by atoms with E-state index >= 15 is 0 Å². The van der Waals surface area contributed by atoms with Gasteiger partial charge in [0.05, 0.1) is 29.8 Å². The summed E-state index contributed by atoms with van der Waals surface area (Å²) in [6, 6.07) is 3.17. The number of hydrogen-bond donors (Lipinski definition) is 4. The Kier molecular flexibility index (Phi) is 3.08. The minimum Gasteiger partial charge on any atom is -0.507 e. The maximum absolute atomic E-state index is 12.5. The fraction of sp³-hybridized carbons (Fsp3) is 0.533. The van der Waals surface area contributed by atoms with Gasteiger partial charge in [0.15, 0.2) is 5.78 Å². The standard InChI is InChI=1S/C15H18O5/c1-6-4-8-11(10(17)5-6)15(20)12-7(13(8)18)2-3-9(16)14(12)19/h4-5,7,9,12-14,16-19H,2-3H2,1H3. The smallest absolute Gasteiger partial charge is 0.173 e. The van der Waals surface area contributed by atoms with Crippen LogP contribution in [0.1, 0.15) is 40.4 Å². The molecule has 0 radical (unpaired) electrons. The molecule has 2 aliphatic rings. The molecule has 1 fully saturated rings. The molecule has 0 spiro atoms. The summed E-state index contributed by atoms with van der Waals surface area (Å²) < 4.78 is 0. The summed E-state index contributed by atoms with van der Waals surface area (Å²) in [7, 11) is 0. The zero-order valence-electron chi connectivity index (χ0n) is 11.2. The van der Waals surface area contributed by atoms with E-state index in [9.17, 15) is 25.2 Å². The molecule has 2 aliphatic carbocycles. The van der Waals surface area contributed by atoms with Gasteiger partial charge in [0.2, 0.25) is 0 Å². The number of aromatic hydroxyl groups is 1. The highest BCUT2D eigenvalue weighted by Gasteiger charge is 2.50. The highest BCUT2D eigenvalue weighted by atomic mass is 16.3. The van der Waals surface area contributed by atoms with E-state index in [1.165, 1.54) is 6.07 Å². The minimum absolute atomic E-state index is 0.0810. The number of aryl methyl sites for hydroxylation is 1. The van der Waals surface area contributed by atoms with Gasteiger partial charge in [-0.2, -0.15) is 0 Å². The molecule has 0 heterocycles. The molecular weight excluding hydrogens is 260 g/mol. The second-order valence-corrected chi connectivity index (χ2v) is 5.88. The van der Waals surface area contributed by atoms with Crippen LogP contribution in [0.2, 0.25) is 0 Å². The maximum Gasteiger partial charge on any atom is 0.173 e. The first kappa shape index (κ1) is 13.5. The van der Waals surface area contributed by atoms with Crippen LogP contribution in [0.25, 0.3) is 0 Å². The lowest BCUT2D eigenvalue weighted by Gasteiger charge is -2.43. The van der Waals surface area contributed by atoms with Gasteiger partial charge in [-0.1, -0.05) is 6.07 Å². The van der Waals surface area contributed by atoms with Crippen LogP contribution in [0.3, 0.4) is 0 Å². The number of ketones is 1. The number of phenols is 1. The van der Waals surface area contributed by atoms with E-state index in [1.54, 1.807) is 13.0 Å². The summed E-state index contributed by atoms with van der Waals surface area (Å²) in [5.74, 6) is -1.82. The summed E-state index contributed by atoms with van der Waals surface area (Å²) in [5, 5.41) is 40.3. The quantitative estimate of drug-likeness (QED) is 0.559. The molecule has 0 aliphatic heterocycles. The van der Waals surface area contributed by atoms with E-state index < -0.39 is 30.1 Å². The van der Waals surface area contributed by atoms with Crippen molar-refractivity contribution in [2.75, 3.05) is 0 Å². The Hall–Kier alpha value is -1.43. The molecular formula is C15H18O5. The van der Waals surface area contributed by atoms with Gasteiger partial charge >= 0.3 is 0 Å². The van der Waals surface area contributed by atoms with Crippen LogP contribution < -0.4 is 0 Å². The third kappa shape index (κ3) is 1.78. The number of hydrogen-bond acceptors (Lipinski definition) is 5. The van der Waals surface area contributed by atoms with Crippen molar-refractivity contribution >= 4 is 5.78 Å². The number of carbonyl (C=O) groups is 1. The second-order valence-electron chi connectivity index (χ2n) is 5.88. The summed E-state index contributed by atoms with van der Waals surface area (Å²) >= 11 is 0. The van der Waals surface area contributed by atoms with Crippen molar-refractivity contribution in [2.45, 2.75) is 38.1 Å². The molecule has 3 rings (SSSR count). The fourth-order valence-electron chi connectivity index (χ4n) is 3.60. The lowest BCUT2D eigenvalue weighted by molar-refractivity contribution is -0.0848. The van der Waals surface area contributed by atoms with Crippen LogP contribution in [0.15, 0.2) is 12.1 Å². The normalized spacial score (nSPS) is 36.4. The molecule has 0 aromatic heterocycles. The van der Waals surface area contributed by atoms with Gasteiger partial charge in [-0.15, -0.1) is 0 Å². The van der Waals surface area contributed by atoms with E-state index in [0.717, 1.165) is 5.56 Å². The maximum atomic E-state index is 12.5. The number of benzene rings is 1. The Labute approximate surface area is 116 Å². The van der Waals surface area contributed by atoms with E-state index in [1.807, 2.05) is 0 Å². The Morgan fingerprint density at radius 2 is 1.85 bits per heavy atom. The van der Waals surface area contributed by atoms with Gasteiger partial charge in [-0.25, -0.2) is 0 Å². The number of aliphatic hydroxyl groups is 3. The zero-order valence-corrected chi connectivity index (χ0v) is 11.2. The first-order valence-electron chi connectivity index (χ1n) is 6.83. The van der Waals surface area contributed by atoms with Gasteiger partial charge in [-0.3, -0.25) is 4.79 Å². The zero-order chi connectivity index (χ0) is 14.6. The monoisotopic (exact) mass is 278 g/mol. The molecule has 0 saturated heterocycles. The molecule has 5 unspecified atom stereocenters. The van der Waals surface area contributed by atoms with Crippen molar-refractivity contribution in [1.29, 1.82) is 0 Å². The minimum atomic E-state index is -1.19. The van der Waals surface area contributed by atoms with Crippen LogP contribution in [0, 0.1) is 18.8 Å². The van der Waals surface area contributed by atoms with E-state index in [-0.39, 0.29) is 17.1 Å². The Balaban J connectivity index is 2.15. The Bertz CT molecular complexity index is 568. The highest BCUT2D eigenvalue weighted by molar-refractivity contribution is 6.03. The molecule has 5 atom stereocenters. The van der Waals surface area contributed by atoms with Crippen LogP contribution >= 0.6 is 0 Å². The highest BCUT2D eigenvalue weighted by Crippen LogP contribution is 2.47. The van der Waals surface area contributed by atoms with E-state index in [4.69, 9.17) is 0 Å². The number of Topliss-reactive ketones (excluding diaryl/α,β-unsaturated/α-hetero) is 1. The number of aliphatic hydroxyl groups excluding tert-OH is 3. The largest absolute Gasteiger partial charge is 0.507 e. The Morgan fingerprint density at radius 1 is 1.15 bits per heavy atom. The SMILES string of the molecule is Cc1cc(O)c2c(c1)C(O)C1CCC(O)C(O)C1C2=O. The molecule has 20 heavy (non-hydrogen) atoms. The van der Waals surface area contributed by atoms with E-state index in [0.29, 0.717) is 18.4 Å². The number of fused-ring (bicyclic) bond motifs is 2. The molecule has 5 nitrogen and oxygen atoms in total. The van der Waals surface area contributed by atoms with Gasteiger partial charge in [0.25, 0.3) is 0 Å². The van der Waals surface area contributed by atoms with Crippen LogP contribution in [0.5, 0.6) is 5.75 Å². The number of carbonyl (C=O) groups excluding carboxylic acids is 1. The summed E-state index contributed by atoms with van der Waals surface area (Å²) in [4.78, 5) is 12.5. The molecule has 1 saturated carbocycles. The predicted octanol–water partition coefficient (Wildman–Crippen LogP) is 0.678. The van der Waals surface area contributed by atoms with Gasteiger partial charge in [-0.05, 0) is 37.0 Å². The lowest BCUT2D eigenvalue weighted by atomic mass is 9.64. The van der Waals surface area contributed by atoms with E-state index in [2.05, 4.69) is 0 Å². The van der Waals surface area contributed by atoms with Crippen molar-refractivity contribution < 1.29 is 25.2 Å². The van der Waals surface area contributed by atoms with Gasteiger partial charge < -0.3 is 20.4 Å². The number of rotatable bonds is 0. The molecule has 1 aromatic rings. The molecule has 0 amide bonds. The Morgan fingerprint density at radius 3 is 2.55 bits per heavy atom. The summed E-state index contributed by atoms with van der Waals surface area (Å²) in [6.07, 6.45) is -2.21. The molecule has 108 valence electrons. The van der Waals surface area contributed by atoms with Crippen LogP contribution in [-0.2, 0) is 0 Å². The topological polar surface area (TPSA) is 98.0 Å². The predicted molar refractivity (Wildman–Crippen MR) is 70.4 cm³/mol. The van der Waals surface area contributed by atoms with Gasteiger partial charge in [0.1, 0.15) is 5.75 Å². The number of phenolic OH excluding ortho intramolecular Hbond substituents is 1. The van der Waals surface area contributed by atoms with Crippen molar-refractivity contribution in [1.82, 2.24) is 0 Å². The van der Waals surface area contributed by atoms with Crippen molar-refractivity contribution in [2.24, 2.45) is 11.8 Å². The third-order valence-electron chi connectivity index (χ3n) is 4.58.